The number of H-pyrrole nitrogens is 1. The van der Waals surface area contributed by atoms with Crippen molar-refractivity contribution in [1.29, 1.82) is 0 Å². The summed E-state index contributed by atoms with van der Waals surface area (Å²) in [5, 5.41) is 1.06. The van der Waals surface area contributed by atoms with E-state index in [1.54, 1.807) is 13.0 Å². The fourth-order valence-corrected chi connectivity index (χ4v) is 0.745. The molecule has 0 spiro atoms. The van der Waals surface area contributed by atoms with Crippen molar-refractivity contribution in [2.45, 2.75) is 6.92 Å². The quantitative estimate of drug-likeness (QED) is 0.496. The second kappa shape index (κ2) is 2.47. The maximum atomic E-state index is 10.9. The molecule has 10 heavy (non-hydrogen) atoms. The molecule has 3 nitrogen and oxygen atoms in total. The predicted octanol–water partition coefficient (Wildman–Crippen LogP) is -1.02. The molecule has 1 aromatic heterocycles. The second-order valence-electron chi connectivity index (χ2n) is 1.88. The van der Waals surface area contributed by atoms with Crippen LogP contribution in [0.5, 0.6) is 0 Å². The van der Waals surface area contributed by atoms with Gasteiger partial charge in [0.05, 0.1) is 16.9 Å². The highest BCUT2D eigenvalue weighted by Gasteiger charge is 1.85. The van der Waals surface area contributed by atoms with Crippen molar-refractivity contribution in [2.75, 3.05) is 0 Å². The number of aromatic nitrogens is 2. The third kappa shape index (κ3) is 0.978. The Balaban J connectivity index is 3.81. The smallest absolute Gasteiger partial charge is 0.258 e. The Morgan fingerprint density at radius 3 is 2.90 bits per heavy atom. The summed E-state index contributed by atoms with van der Waals surface area (Å²) in [7, 11) is 0. The lowest BCUT2D eigenvalue weighted by Gasteiger charge is -1.83. The zero-order valence-corrected chi connectivity index (χ0v) is 5.72. The van der Waals surface area contributed by atoms with Crippen molar-refractivity contribution >= 4 is 12.7 Å². The van der Waals surface area contributed by atoms with Crippen molar-refractivity contribution in [1.82, 2.24) is 9.97 Å². The normalized spacial score (nSPS) is 11.9. The van der Waals surface area contributed by atoms with Crippen LogP contribution in [-0.4, -0.2) is 9.97 Å². The summed E-state index contributed by atoms with van der Waals surface area (Å²) in [6.45, 7) is 5.37. The molecule has 0 aromatic carbocycles. The van der Waals surface area contributed by atoms with E-state index in [4.69, 9.17) is 0 Å². The van der Waals surface area contributed by atoms with Gasteiger partial charge in [0.25, 0.3) is 5.56 Å². The molecule has 1 heterocycles. The molecule has 52 valence electrons. The summed E-state index contributed by atoms with van der Waals surface area (Å²) in [6.07, 6.45) is 3.03. The lowest BCUT2D eigenvalue weighted by Crippen LogP contribution is -2.41. The summed E-state index contributed by atoms with van der Waals surface area (Å²) < 4.78 is 0. The van der Waals surface area contributed by atoms with Gasteiger partial charge < -0.3 is 4.98 Å². The van der Waals surface area contributed by atoms with Crippen molar-refractivity contribution in [3.8, 4) is 0 Å². The van der Waals surface area contributed by atoms with Gasteiger partial charge in [0.1, 0.15) is 0 Å². The zero-order chi connectivity index (χ0) is 7.56. The number of hydrogen-bond acceptors (Lipinski definition) is 2. The third-order valence-corrected chi connectivity index (χ3v) is 1.26. The largest absolute Gasteiger partial charge is 0.313 e. The van der Waals surface area contributed by atoms with Gasteiger partial charge in [-0.05, 0) is 6.92 Å². The van der Waals surface area contributed by atoms with Crippen LogP contribution in [0.2, 0.25) is 0 Å². The minimum Gasteiger partial charge on any atom is -0.313 e. The average molecular weight is 136 g/mol. The SMILES string of the molecule is C=c1nc[nH]c(=O)c1=CC. The number of rotatable bonds is 0. The Morgan fingerprint density at radius 2 is 2.50 bits per heavy atom. The van der Waals surface area contributed by atoms with Crippen LogP contribution >= 0.6 is 0 Å². The van der Waals surface area contributed by atoms with Crippen LogP contribution in [0.25, 0.3) is 12.7 Å². The fraction of sp³-hybridized carbons (Fsp3) is 0.143. The minimum absolute atomic E-state index is 0.137. The molecule has 1 aromatic rings. The number of aromatic amines is 1. The molecule has 1 N–H and O–H groups in total. The first kappa shape index (κ1) is 6.74. The van der Waals surface area contributed by atoms with Crippen molar-refractivity contribution in [2.24, 2.45) is 0 Å². The first-order chi connectivity index (χ1) is 4.75. The van der Waals surface area contributed by atoms with Crippen LogP contribution in [0, 0.1) is 0 Å². The standard InChI is InChI=1S/C7H8N2O/c1-3-6-5(2)8-4-9-7(6)10/h3-4H,2H2,1H3,(H,8,9,10). The van der Waals surface area contributed by atoms with E-state index < -0.39 is 0 Å². The molecule has 0 unspecified atom stereocenters. The van der Waals surface area contributed by atoms with E-state index in [-0.39, 0.29) is 5.56 Å². The molecule has 0 bridgehead atoms. The maximum absolute atomic E-state index is 10.9. The van der Waals surface area contributed by atoms with Crippen LogP contribution in [0.15, 0.2) is 11.1 Å². The predicted molar refractivity (Wildman–Crippen MR) is 39.8 cm³/mol. The van der Waals surface area contributed by atoms with Crippen LogP contribution in [0.3, 0.4) is 0 Å². The Labute approximate surface area is 57.7 Å². The van der Waals surface area contributed by atoms with E-state index in [0.29, 0.717) is 10.6 Å². The molecule has 0 amide bonds. The number of hydrogen-bond donors (Lipinski definition) is 1. The van der Waals surface area contributed by atoms with Gasteiger partial charge in [-0.2, -0.15) is 0 Å². The molecule has 3 heteroatoms. The summed E-state index contributed by atoms with van der Waals surface area (Å²) in [5.74, 6) is 0. The van der Waals surface area contributed by atoms with Crippen LogP contribution < -0.4 is 16.1 Å². The second-order valence-corrected chi connectivity index (χ2v) is 1.88. The van der Waals surface area contributed by atoms with E-state index in [9.17, 15) is 4.79 Å². The van der Waals surface area contributed by atoms with Crippen LogP contribution in [0.4, 0.5) is 0 Å². The zero-order valence-electron chi connectivity index (χ0n) is 5.72. The fourth-order valence-electron chi connectivity index (χ4n) is 0.745. The lowest BCUT2D eigenvalue weighted by atomic mass is 10.4. The van der Waals surface area contributed by atoms with Gasteiger partial charge in [0.2, 0.25) is 0 Å². The monoisotopic (exact) mass is 136 g/mol. The van der Waals surface area contributed by atoms with Gasteiger partial charge in [-0.25, -0.2) is 4.98 Å². The molecule has 0 aliphatic heterocycles. The van der Waals surface area contributed by atoms with Gasteiger partial charge in [-0.3, -0.25) is 4.79 Å². The van der Waals surface area contributed by atoms with Crippen LogP contribution in [-0.2, 0) is 0 Å². The van der Waals surface area contributed by atoms with E-state index in [1.807, 2.05) is 0 Å². The Bertz CT molecular complexity index is 346. The van der Waals surface area contributed by atoms with Gasteiger partial charge >= 0.3 is 0 Å². The van der Waals surface area contributed by atoms with Crippen molar-refractivity contribution in [3.05, 3.63) is 27.2 Å². The molecule has 0 saturated heterocycles. The Kier molecular flexibility index (Phi) is 1.67. The highest BCUT2D eigenvalue weighted by Crippen LogP contribution is 1.49. The topological polar surface area (TPSA) is 45.8 Å². The molecular formula is C7H8N2O. The number of nitrogens with one attached hydrogen (secondary N) is 1. The highest BCUT2D eigenvalue weighted by molar-refractivity contribution is 5.18. The minimum atomic E-state index is -0.137. The number of nitrogens with zero attached hydrogens (tertiary/aromatic N) is 1. The van der Waals surface area contributed by atoms with Crippen molar-refractivity contribution < 1.29 is 0 Å². The summed E-state index contributed by atoms with van der Waals surface area (Å²) >= 11 is 0. The van der Waals surface area contributed by atoms with E-state index in [1.165, 1.54) is 6.33 Å². The summed E-state index contributed by atoms with van der Waals surface area (Å²) in [5.41, 5.74) is -0.137. The summed E-state index contributed by atoms with van der Waals surface area (Å²) in [6, 6.07) is 0. The van der Waals surface area contributed by atoms with Gasteiger partial charge in [0, 0.05) is 0 Å². The Hall–Kier alpha value is -1.38. The summed E-state index contributed by atoms with van der Waals surface area (Å²) in [4.78, 5) is 17.2. The van der Waals surface area contributed by atoms with Gasteiger partial charge in [-0.1, -0.05) is 12.7 Å². The molecule has 1 rings (SSSR count). The van der Waals surface area contributed by atoms with Crippen LogP contribution in [0.1, 0.15) is 6.92 Å². The molecular weight excluding hydrogens is 128 g/mol. The third-order valence-electron chi connectivity index (χ3n) is 1.26. The molecule has 0 atom stereocenters. The van der Waals surface area contributed by atoms with E-state index >= 15 is 0 Å². The molecule has 0 aliphatic carbocycles. The Morgan fingerprint density at radius 1 is 1.80 bits per heavy atom. The first-order valence-electron chi connectivity index (χ1n) is 2.94. The molecule has 0 radical (unpaired) electrons. The lowest BCUT2D eigenvalue weighted by molar-refractivity contribution is 1.06. The highest BCUT2D eigenvalue weighted by atomic mass is 16.1. The maximum Gasteiger partial charge on any atom is 0.258 e. The molecule has 0 saturated carbocycles. The van der Waals surface area contributed by atoms with Crippen molar-refractivity contribution in [3.63, 3.8) is 0 Å². The first-order valence-corrected chi connectivity index (χ1v) is 2.94. The van der Waals surface area contributed by atoms with E-state index in [0.717, 1.165) is 0 Å². The van der Waals surface area contributed by atoms with Gasteiger partial charge in [-0.15, -0.1) is 0 Å². The van der Waals surface area contributed by atoms with Gasteiger partial charge in [0.15, 0.2) is 0 Å². The van der Waals surface area contributed by atoms with E-state index in [2.05, 4.69) is 16.5 Å². The molecule has 0 aliphatic rings. The molecule has 0 fully saturated rings. The average Bonchev–Trinajstić information content (AvgIpc) is 1.88.